The third kappa shape index (κ3) is 5.05. The van der Waals surface area contributed by atoms with E-state index in [1.165, 1.54) is 25.3 Å². The van der Waals surface area contributed by atoms with Crippen molar-refractivity contribution in [3.05, 3.63) is 72.3 Å². The van der Waals surface area contributed by atoms with Crippen LogP contribution >= 0.6 is 0 Å². The van der Waals surface area contributed by atoms with E-state index in [2.05, 4.69) is 34.1 Å². The second-order valence-corrected chi connectivity index (χ2v) is 7.68. The number of benzene rings is 2. The van der Waals surface area contributed by atoms with E-state index in [4.69, 9.17) is 10.1 Å². The lowest BCUT2D eigenvalue weighted by atomic mass is 10.1. The van der Waals surface area contributed by atoms with Gasteiger partial charge < -0.3 is 14.9 Å². The molecule has 1 aliphatic heterocycles. The standard InChI is InChI=1S/C25H27N3O2/c29-25(30)14-11-20-7-6-9-22(19-20)28(18-17-27-15-4-1-5-16-27)24-13-12-21-8-2-3-10-23(21)26-24/h2-3,6-14,19H,1,4-5,15-18H2,(H,29,30)/b14-11+. The Morgan fingerprint density at radius 1 is 1.03 bits per heavy atom. The van der Waals surface area contributed by atoms with E-state index in [0.29, 0.717) is 0 Å². The zero-order valence-corrected chi connectivity index (χ0v) is 17.1. The van der Waals surface area contributed by atoms with Gasteiger partial charge in [-0.15, -0.1) is 0 Å². The fourth-order valence-electron chi connectivity index (χ4n) is 3.97. The molecule has 5 heteroatoms. The number of carboxylic acid groups (broad SMARTS) is 1. The van der Waals surface area contributed by atoms with Crippen LogP contribution < -0.4 is 4.90 Å². The molecule has 0 bridgehead atoms. The average molecular weight is 402 g/mol. The fourth-order valence-corrected chi connectivity index (χ4v) is 3.97. The van der Waals surface area contributed by atoms with Crippen molar-refractivity contribution in [2.75, 3.05) is 31.1 Å². The second-order valence-electron chi connectivity index (χ2n) is 7.68. The monoisotopic (exact) mass is 401 g/mol. The Morgan fingerprint density at radius 3 is 2.70 bits per heavy atom. The minimum atomic E-state index is -0.946. The van der Waals surface area contributed by atoms with Crippen molar-refractivity contribution in [1.29, 1.82) is 0 Å². The van der Waals surface area contributed by atoms with Crippen LogP contribution in [0.5, 0.6) is 0 Å². The molecule has 0 atom stereocenters. The van der Waals surface area contributed by atoms with Crippen LogP contribution in [0.4, 0.5) is 11.5 Å². The van der Waals surface area contributed by atoms with E-state index < -0.39 is 5.97 Å². The molecule has 2 heterocycles. The number of nitrogens with zero attached hydrogens (tertiary/aromatic N) is 3. The van der Waals surface area contributed by atoms with Crippen molar-refractivity contribution in [2.45, 2.75) is 19.3 Å². The van der Waals surface area contributed by atoms with Gasteiger partial charge in [0.15, 0.2) is 0 Å². The zero-order valence-electron chi connectivity index (χ0n) is 17.1. The Morgan fingerprint density at radius 2 is 1.87 bits per heavy atom. The molecule has 30 heavy (non-hydrogen) atoms. The summed E-state index contributed by atoms with van der Waals surface area (Å²) in [6, 6.07) is 20.3. The molecule has 0 aliphatic carbocycles. The van der Waals surface area contributed by atoms with Gasteiger partial charge in [-0.1, -0.05) is 36.8 Å². The van der Waals surface area contributed by atoms with Crippen molar-refractivity contribution in [1.82, 2.24) is 9.88 Å². The van der Waals surface area contributed by atoms with Crippen molar-refractivity contribution < 1.29 is 9.90 Å². The van der Waals surface area contributed by atoms with Gasteiger partial charge in [-0.3, -0.25) is 0 Å². The van der Waals surface area contributed by atoms with E-state index in [0.717, 1.165) is 54.2 Å². The normalized spacial score (nSPS) is 14.9. The van der Waals surface area contributed by atoms with Gasteiger partial charge in [-0.05, 0) is 67.9 Å². The third-order valence-corrected chi connectivity index (χ3v) is 5.55. The summed E-state index contributed by atoms with van der Waals surface area (Å²) in [4.78, 5) is 20.6. The van der Waals surface area contributed by atoms with Gasteiger partial charge in [0.1, 0.15) is 5.82 Å². The minimum Gasteiger partial charge on any atom is -0.478 e. The zero-order chi connectivity index (χ0) is 20.8. The van der Waals surface area contributed by atoms with Crippen LogP contribution in [0.25, 0.3) is 17.0 Å². The van der Waals surface area contributed by atoms with Gasteiger partial charge in [0.2, 0.25) is 0 Å². The highest BCUT2D eigenvalue weighted by atomic mass is 16.4. The van der Waals surface area contributed by atoms with Crippen LogP contribution in [0.2, 0.25) is 0 Å². The van der Waals surface area contributed by atoms with E-state index in [1.807, 2.05) is 36.4 Å². The molecule has 1 N–H and O–H groups in total. The third-order valence-electron chi connectivity index (χ3n) is 5.55. The topological polar surface area (TPSA) is 56.7 Å². The number of aromatic nitrogens is 1. The summed E-state index contributed by atoms with van der Waals surface area (Å²) >= 11 is 0. The van der Waals surface area contributed by atoms with E-state index >= 15 is 0 Å². The summed E-state index contributed by atoms with van der Waals surface area (Å²) in [6.07, 6.45) is 6.66. The summed E-state index contributed by atoms with van der Waals surface area (Å²) in [5.41, 5.74) is 2.85. The van der Waals surface area contributed by atoms with Crippen LogP contribution in [0.15, 0.2) is 66.7 Å². The Balaban J connectivity index is 1.65. The minimum absolute atomic E-state index is 0.831. The number of hydrogen-bond acceptors (Lipinski definition) is 4. The van der Waals surface area contributed by atoms with Crippen molar-refractivity contribution in [3.63, 3.8) is 0 Å². The number of carboxylic acids is 1. The number of rotatable bonds is 7. The van der Waals surface area contributed by atoms with E-state index in [9.17, 15) is 4.79 Å². The Bertz CT molecular complexity index is 1040. The molecular weight excluding hydrogens is 374 g/mol. The first-order valence-electron chi connectivity index (χ1n) is 10.6. The molecule has 1 fully saturated rings. The summed E-state index contributed by atoms with van der Waals surface area (Å²) < 4.78 is 0. The number of fused-ring (bicyclic) bond motifs is 1. The van der Waals surface area contributed by atoms with Crippen molar-refractivity contribution >= 4 is 34.5 Å². The molecule has 1 aromatic heterocycles. The lowest BCUT2D eigenvalue weighted by Gasteiger charge is -2.31. The first-order chi connectivity index (χ1) is 14.7. The number of piperidine rings is 1. The lowest BCUT2D eigenvalue weighted by molar-refractivity contribution is -0.131. The van der Waals surface area contributed by atoms with Gasteiger partial charge in [-0.2, -0.15) is 0 Å². The molecule has 0 saturated carbocycles. The summed E-state index contributed by atoms with van der Waals surface area (Å²) in [6.45, 7) is 4.11. The molecule has 4 rings (SSSR count). The van der Waals surface area contributed by atoms with Crippen molar-refractivity contribution in [3.8, 4) is 0 Å². The Kier molecular flexibility index (Phi) is 6.40. The van der Waals surface area contributed by atoms with Crippen LogP contribution in [0, 0.1) is 0 Å². The maximum Gasteiger partial charge on any atom is 0.328 e. The SMILES string of the molecule is O=C(O)/C=C/c1cccc(N(CCN2CCCCC2)c2ccc3ccccc3n2)c1. The molecule has 154 valence electrons. The number of para-hydroxylation sites is 1. The number of pyridine rings is 1. The van der Waals surface area contributed by atoms with Gasteiger partial charge >= 0.3 is 5.97 Å². The molecule has 0 amide bonds. The molecule has 5 nitrogen and oxygen atoms in total. The van der Waals surface area contributed by atoms with Crippen LogP contribution in [-0.4, -0.2) is 47.1 Å². The second kappa shape index (κ2) is 9.55. The Hall–Kier alpha value is -3.18. The van der Waals surface area contributed by atoms with Crippen LogP contribution in [0.1, 0.15) is 24.8 Å². The molecule has 3 aromatic rings. The van der Waals surface area contributed by atoms with Gasteiger partial charge in [0, 0.05) is 30.2 Å². The molecular formula is C25H27N3O2. The molecule has 1 saturated heterocycles. The molecule has 0 spiro atoms. The molecule has 2 aromatic carbocycles. The predicted octanol–water partition coefficient (Wildman–Crippen LogP) is 4.96. The number of anilines is 2. The van der Waals surface area contributed by atoms with Gasteiger partial charge in [0.05, 0.1) is 5.52 Å². The average Bonchev–Trinajstić information content (AvgIpc) is 2.79. The quantitative estimate of drug-likeness (QED) is 0.567. The van der Waals surface area contributed by atoms with Crippen LogP contribution in [0.3, 0.4) is 0 Å². The maximum absolute atomic E-state index is 10.9. The molecule has 1 aliphatic rings. The van der Waals surface area contributed by atoms with Crippen LogP contribution in [-0.2, 0) is 4.79 Å². The highest BCUT2D eigenvalue weighted by Crippen LogP contribution is 2.27. The molecule has 0 unspecified atom stereocenters. The van der Waals surface area contributed by atoms with Gasteiger partial charge in [0.25, 0.3) is 0 Å². The first kappa shape index (κ1) is 20.1. The Labute approximate surface area is 177 Å². The van der Waals surface area contributed by atoms with Gasteiger partial charge in [-0.25, -0.2) is 9.78 Å². The largest absolute Gasteiger partial charge is 0.478 e. The summed E-state index contributed by atoms with van der Waals surface area (Å²) in [5, 5.41) is 10.1. The van der Waals surface area contributed by atoms with Crippen molar-refractivity contribution in [2.24, 2.45) is 0 Å². The molecule has 0 radical (unpaired) electrons. The first-order valence-corrected chi connectivity index (χ1v) is 10.6. The predicted molar refractivity (Wildman–Crippen MR) is 122 cm³/mol. The number of hydrogen-bond donors (Lipinski definition) is 1. The number of aliphatic carboxylic acids is 1. The maximum atomic E-state index is 10.9. The lowest BCUT2D eigenvalue weighted by Crippen LogP contribution is -2.36. The number of carbonyl (C=O) groups is 1. The smallest absolute Gasteiger partial charge is 0.328 e. The highest BCUT2D eigenvalue weighted by molar-refractivity contribution is 5.86. The van der Waals surface area contributed by atoms with E-state index in [-0.39, 0.29) is 0 Å². The fraction of sp³-hybridized carbons (Fsp3) is 0.280. The van der Waals surface area contributed by atoms with E-state index in [1.54, 1.807) is 6.08 Å². The summed E-state index contributed by atoms with van der Waals surface area (Å²) in [7, 11) is 0. The highest BCUT2D eigenvalue weighted by Gasteiger charge is 2.16. The number of likely N-dealkylation sites (tertiary alicyclic amines) is 1. The summed E-state index contributed by atoms with van der Waals surface area (Å²) in [5.74, 6) is -0.0383.